The van der Waals surface area contributed by atoms with Crippen LogP contribution in [-0.2, 0) is 0 Å². The summed E-state index contributed by atoms with van der Waals surface area (Å²) in [6, 6.07) is 5.95. The predicted molar refractivity (Wildman–Crippen MR) is 60.2 cm³/mol. The van der Waals surface area contributed by atoms with E-state index < -0.39 is 0 Å². The van der Waals surface area contributed by atoms with Gasteiger partial charge in [0.2, 0.25) is 0 Å². The largest absolute Gasteiger partial charge is 0.397 e. The van der Waals surface area contributed by atoms with Crippen molar-refractivity contribution in [3.63, 3.8) is 0 Å². The van der Waals surface area contributed by atoms with Crippen molar-refractivity contribution in [3.05, 3.63) is 18.2 Å². The van der Waals surface area contributed by atoms with E-state index in [1.807, 2.05) is 24.5 Å². The van der Waals surface area contributed by atoms with E-state index in [0.717, 1.165) is 17.9 Å². The van der Waals surface area contributed by atoms with Gasteiger partial charge in [-0.05, 0) is 24.5 Å². The summed E-state index contributed by atoms with van der Waals surface area (Å²) in [5, 5.41) is 3.17. The van der Waals surface area contributed by atoms with Crippen molar-refractivity contribution in [2.24, 2.45) is 5.73 Å². The summed E-state index contributed by atoms with van der Waals surface area (Å²) in [5.41, 5.74) is 12.9. The van der Waals surface area contributed by atoms with Crippen LogP contribution in [0.2, 0.25) is 0 Å². The molecule has 0 bridgehead atoms. The number of nitrogens with one attached hydrogen (secondary N) is 1. The van der Waals surface area contributed by atoms with Gasteiger partial charge in [-0.3, -0.25) is 0 Å². The molecule has 0 spiro atoms. The van der Waals surface area contributed by atoms with Gasteiger partial charge in [0.15, 0.2) is 0 Å². The normalized spacial score (nSPS) is 10.0. The average Bonchev–Trinajstić information content (AvgIpc) is 2.17. The fourth-order valence-electron chi connectivity index (χ4n) is 1.02. The van der Waals surface area contributed by atoms with Crippen LogP contribution in [0.4, 0.5) is 11.4 Å². The second-order valence-electron chi connectivity index (χ2n) is 2.67. The summed E-state index contributed by atoms with van der Waals surface area (Å²) in [6.45, 7) is 1.37. The molecule has 0 aliphatic heterocycles. The summed E-state index contributed by atoms with van der Waals surface area (Å²) in [5.74, 6) is 0. The average molecular weight is 197 g/mol. The molecule has 0 atom stereocenters. The first kappa shape index (κ1) is 10.2. The Morgan fingerprint density at radius 1 is 1.46 bits per heavy atom. The zero-order valence-electron chi connectivity index (χ0n) is 7.71. The Morgan fingerprint density at radius 2 is 2.23 bits per heavy atom. The number of hydrogen-bond donors (Lipinski definition) is 3. The Hall–Kier alpha value is -0.870. The summed E-state index contributed by atoms with van der Waals surface area (Å²) >= 11 is 1.70. The maximum atomic E-state index is 5.77. The molecular formula is C9H15N3S. The third-order valence-electron chi connectivity index (χ3n) is 1.72. The standard InChI is InChI=1S/C9H15N3S/c1-13-7-2-3-8(11)9(6-7)12-5-4-10/h2-3,6,12H,4-5,10-11H2,1H3. The molecule has 0 aliphatic rings. The Labute approximate surface area is 82.9 Å². The Bertz CT molecular complexity index is 276. The number of rotatable bonds is 4. The van der Waals surface area contributed by atoms with Crippen LogP contribution in [0.25, 0.3) is 0 Å². The second-order valence-corrected chi connectivity index (χ2v) is 3.55. The van der Waals surface area contributed by atoms with Crippen molar-refractivity contribution in [3.8, 4) is 0 Å². The molecule has 0 unspecified atom stereocenters. The van der Waals surface area contributed by atoms with Crippen molar-refractivity contribution >= 4 is 23.1 Å². The van der Waals surface area contributed by atoms with Crippen molar-refractivity contribution < 1.29 is 0 Å². The quantitative estimate of drug-likeness (QED) is 0.504. The zero-order chi connectivity index (χ0) is 9.68. The molecule has 0 radical (unpaired) electrons. The number of nitrogen functional groups attached to an aromatic ring is 1. The van der Waals surface area contributed by atoms with E-state index in [1.54, 1.807) is 11.8 Å². The highest BCUT2D eigenvalue weighted by atomic mass is 32.2. The van der Waals surface area contributed by atoms with Gasteiger partial charge >= 0.3 is 0 Å². The SMILES string of the molecule is CSc1ccc(N)c(NCCN)c1. The summed E-state index contributed by atoms with van der Waals surface area (Å²) in [6.07, 6.45) is 2.04. The molecule has 0 heterocycles. The number of hydrogen-bond acceptors (Lipinski definition) is 4. The highest BCUT2D eigenvalue weighted by molar-refractivity contribution is 7.98. The van der Waals surface area contributed by atoms with Crippen molar-refractivity contribution in [2.75, 3.05) is 30.4 Å². The van der Waals surface area contributed by atoms with Gasteiger partial charge in [0, 0.05) is 18.0 Å². The summed E-state index contributed by atoms with van der Waals surface area (Å²) < 4.78 is 0. The van der Waals surface area contributed by atoms with Crippen molar-refractivity contribution in [1.29, 1.82) is 0 Å². The van der Waals surface area contributed by atoms with Gasteiger partial charge in [-0.1, -0.05) is 0 Å². The van der Waals surface area contributed by atoms with E-state index in [9.17, 15) is 0 Å². The molecule has 0 saturated heterocycles. The van der Waals surface area contributed by atoms with Crippen molar-refractivity contribution in [1.82, 2.24) is 0 Å². The van der Waals surface area contributed by atoms with E-state index in [2.05, 4.69) is 5.32 Å². The van der Waals surface area contributed by atoms with E-state index >= 15 is 0 Å². The van der Waals surface area contributed by atoms with Gasteiger partial charge in [0.05, 0.1) is 11.4 Å². The van der Waals surface area contributed by atoms with E-state index in [0.29, 0.717) is 6.54 Å². The highest BCUT2D eigenvalue weighted by Gasteiger charge is 1.98. The minimum Gasteiger partial charge on any atom is -0.397 e. The number of anilines is 2. The predicted octanol–water partition coefficient (Wildman–Crippen LogP) is 1.36. The number of thioether (sulfide) groups is 1. The molecule has 0 aliphatic carbocycles. The molecule has 1 aromatic rings. The monoisotopic (exact) mass is 197 g/mol. The van der Waals surface area contributed by atoms with Crippen LogP contribution in [0.15, 0.2) is 23.1 Å². The molecule has 1 aromatic carbocycles. The van der Waals surface area contributed by atoms with Crippen LogP contribution < -0.4 is 16.8 Å². The lowest BCUT2D eigenvalue weighted by molar-refractivity contribution is 1.02. The molecule has 0 aromatic heterocycles. The molecule has 13 heavy (non-hydrogen) atoms. The van der Waals surface area contributed by atoms with E-state index in [1.165, 1.54) is 4.90 Å². The highest BCUT2D eigenvalue weighted by Crippen LogP contribution is 2.24. The molecule has 4 heteroatoms. The van der Waals surface area contributed by atoms with E-state index in [-0.39, 0.29) is 0 Å². The fourth-order valence-corrected chi connectivity index (χ4v) is 1.46. The maximum Gasteiger partial charge on any atom is 0.0585 e. The second kappa shape index (κ2) is 4.99. The van der Waals surface area contributed by atoms with Crippen LogP contribution in [0, 0.1) is 0 Å². The zero-order valence-corrected chi connectivity index (χ0v) is 8.53. The molecule has 1 rings (SSSR count). The molecule has 3 nitrogen and oxygen atoms in total. The van der Waals surface area contributed by atoms with Gasteiger partial charge in [0.1, 0.15) is 0 Å². The summed E-state index contributed by atoms with van der Waals surface area (Å²) in [4.78, 5) is 1.20. The molecule has 5 N–H and O–H groups in total. The third-order valence-corrected chi connectivity index (χ3v) is 2.45. The van der Waals surface area contributed by atoms with Crippen LogP contribution in [0.3, 0.4) is 0 Å². The van der Waals surface area contributed by atoms with Gasteiger partial charge in [0.25, 0.3) is 0 Å². The molecule has 72 valence electrons. The van der Waals surface area contributed by atoms with Crippen LogP contribution in [0.5, 0.6) is 0 Å². The summed E-state index contributed by atoms with van der Waals surface area (Å²) in [7, 11) is 0. The first-order valence-electron chi connectivity index (χ1n) is 4.15. The lowest BCUT2D eigenvalue weighted by Crippen LogP contribution is -2.13. The lowest BCUT2D eigenvalue weighted by Gasteiger charge is -2.09. The first-order valence-corrected chi connectivity index (χ1v) is 5.38. The molecule has 0 saturated carbocycles. The van der Waals surface area contributed by atoms with Gasteiger partial charge in [-0.15, -0.1) is 11.8 Å². The third kappa shape index (κ3) is 2.82. The Kier molecular flexibility index (Phi) is 3.92. The molecule has 0 amide bonds. The number of nitrogens with two attached hydrogens (primary N) is 2. The lowest BCUT2D eigenvalue weighted by atomic mass is 10.2. The Balaban J connectivity index is 2.78. The maximum absolute atomic E-state index is 5.77. The smallest absolute Gasteiger partial charge is 0.0585 e. The van der Waals surface area contributed by atoms with Crippen molar-refractivity contribution in [2.45, 2.75) is 4.90 Å². The minimum absolute atomic E-state index is 0.614. The van der Waals surface area contributed by atoms with Crippen LogP contribution in [0.1, 0.15) is 0 Å². The minimum atomic E-state index is 0.614. The molecule has 0 fully saturated rings. The van der Waals surface area contributed by atoms with Gasteiger partial charge in [-0.2, -0.15) is 0 Å². The van der Waals surface area contributed by atoms with Crippen LogP contribution >= 0.6 is 11.8 Å². The Morgan fingerprint density at radius 3 is 2.85 bits per heavy atom. The van der Waals surface area contributed by atoms with Gasteiger partial charge < -0.3 is 16.8 Å². The molecular weight excluding hydrogens is 182 g/mol. The van der Waals surface area contributed by atoms with E-state index in [4.69, 9.17) is 11.5 Å². The fraction of sp³-hybridized carbons (Fsp3) is 0.333. The topological polar surface area (TPSA) is 64.1 Å². The first-order chi connectivity index (χ1) is 6.27. The van der Waals surface area contributed by atoms with Crippen LogP contribution in [-0.4, -0.2) is 19.3 Å². The van der Waals surface area contributed by atoms with Gasteiger partial charge in [-0.25, -0.2) is 0 Å². The number of benzene rings is 1.